The fourth-order valence-electron chi connectivity index (χ4n) is 2.81. The lowest BCUT2D eigenvalue weighted by Gasteiger charge is -2.36. The highest BCUT2D eigenvalue weighted by Crippen LogP contribution is 2.24. The number of aromatic nitrogens is 1. The second-order valence-corrected chi connectivity index (χ2v) is 7.80. The van der Waals surface area contributed by atoms with E-state index in [-0.39, 0.29) is 5.25 Å². The zero-order chi connectivity index (χ0) is 15.7. The van der Waals surface area contributed by atoms with Gasteiger partial charge in [0.15, 0.2) is 0 Å². The molecule has 0 unspecified atom stereocenters. The average molecular weight is 318 g/mol. The van der Waals surface area contributed by atoms with Crippen molar-refractivity contribution in [2.75, 3.05) is 12.3 Å². The van der Waals surface area contributed by atoms with Crippen LogP contribution >= 0.6 is 0 Å². The van der Waals surface area contributed by atoms with Gasteiger partial charge < -0.3 is 4.42 Å². The lowest BCUT2D eigenvalue weighted by molar-refractivity contribution is 0.198. The van der Waals surface area contributed by atoms with Gasteiger partial charge in [-0.3, -0.25) is 9.11 Å². The molecule has 2 heterocycles. The van der Waals surface area contributed by atoms with Crippen LogP contribution in [0.1, 0.15) is 25.3 Å². The van der Waals surface area contributed by atoms with Gasteiger partial charge in [0, 0.05) is 46.5 Å². The molecule has 1 aliphatic heterocycles. The van der Waals surface area contributed by atoms with Gasteiger partial charge in [0.2, 0.25) is 5.89 Å². The molecule has 118 valence electrons. The van der Waals surface area contributed by atoms with Gasteiger partial charge in [0.1, 0.15) is 5.76 Å². The Morgan fingerprint density at radius 2 is 2.05 bits per heavy atom. The molecule has 3 rings (SSSR count). The van der Waals surface area contributed by atoms with Crippen LogP contribution in [-0.4, -0.2) is 37.7 Å². The molecule has 1 fully saturated rings. The second-order valence-electron chi connectivity index (χ2n) is 5.89. The summed E-state index contributed by atoms with van der Waals surface area (Å²) >= 11 is 0. The molecular formula is C17H22N2O2S. The van der Waals surface area contributed by atoms with E-state index < -0.39 is 10.8 Å². The lowest BCUT2D eigenvalue weighted by atomic mass is 10.2. The van der Waals surface area contributed by atoms with Crippen LogP contribution in [0.5, 0.6) is 0 Å². The van der Waals surface area contributed by atoms with Crippen LogP contribution < -0.4 is 0 Å². The van der Waals surface area contributed by atoms with Gasteiger partial charge in [-0.05, 0) is 32.9 Å². The smallest absolute Gasteiger partial charge is 0.226 e. The molecule has 1 aromatic heterocycles. The topological polar surface area (TPSA) is 46.3 Å². The third-order valence-corrected chi connectivity index (χ3v) is 6.32. The Bertz CT molecular complexity index is 669. The van der Waals surface area contributed by atoms with Crippen LogP contribution in [0.15, 0.2) is 34.7 Å². The largest absolute Gasteiger partial charge is 0.441 e. The van der Waals surface area contributed by atoms with Crippen molar-refractivity contribution in [2.24, 2.45) is 0 Å². The number of hydrogen-bond donors (Lipinski definition) is 0. The summed E-state index contributed by atoms with van der Waals surface area (Å²) in [7, 11) is -0.709. The molecule has 0 N–H and O–H groups in total. The predicted molar refractivity (Wildman–Crippen MR) is 89.0 cm³/mol. The summed E-state index contributed by atoms with van der Waals surface area (Å²) in [5, 5.41) is 0.203. The van der Waals surface area contributed by atoms with Crippen molar-refractivity contribution in [2.45, 2.75) is 38.6 Å². The number of hydrogen-bond acceptors (Lipinski definition) is 4. The number of aryl methyl sites for hydroxylation is 1. The van der Waals surface area contributed by atoms with Gasteiger partial charge in [-0.15, -0.1) is 0 Å². The van der Waals surface area contributed by atoms with Gasteiger partial charge >= 0.3 is 0 Å². The van der Waals surface area contributed by atoms with Crippen LogP contribution in [0.25, 0.3) is 11.5 Å². The Balaban J connectivity index is 1.79. The molecule has 4 nitrogen and oxygen atoms in total. The summed E-state index contributed by atoms with van der Waals surface area (Å²) in [6.45, 7) is 7.79. The first-order valence-electron chi connectivity index (χ1n) is 7.69. The first-order chi connectivity index (χ1) is 10.6. The highest BCUT2D eigenvalue weighted by molar-refractivity contribution is 7.85. The van der Waals surface area contributed by atoms with Crippen LogP contribution in [0, 0.1) is 6.92 Å². The quantitative estimate of drug-likeness (QED) is 0.873. The molecule has 2 aromatic rings. The molecule has 22 heavy (non-hydrogen) atoms. The summed E-state index contributed by atoms with van der Waals surface area (Å²) in [4.78, 5) is 7.02. The summed E-state index contributed by atoms with van der Waals surface area (Å²) in [6.07, 6.45) is 0. The van der Waals surface area contributed by atoms with Gasteiger partial charge in [0.05, 0.1) is 5.69 Å². The molecule has 1 aliphatic rings. The Kier molecular flexibility index (Phi) is 4.45. The SMILES string of the molecule is Cc1oc(-c2ccccc2)nc1CN1CC[S@](=O)[C@@H](C)[C@H]1C. The minimum atomic E-state index is -0.709. The zero-order valence-electron chi connectivity index (χ0n) is 13.3. The first kappa shape index (κ1) is 15.4. The summed E-state index contributed by atoms with van der Waals surface area (Å²) in [6, 6.07) is 10.3. The fourth-order valence-corrected chi connectivity index (χ4v) is 4.21. The van der Waals surface area contributed by atoms with Gasteiger partial charge in [0.25, 0.3) is 0 Å². The Labute approximate surface area is 134 Å². The second kappa shape index (κ2) is 6.34. The van der Waals surface area contributed by atoms with Crippen molar-refractivity contribution in [3.05, 3.63) is 41.8 Å². The van der Waals surface area contributed by atoms with Crippen molar-refractivity contribution in [3.8, 4) is 11.5 Å². The number of rotatable bonds is 3. The maximum absolute atomic E-state index is 11.9. The van der Waals surface area contributed by atoms with Crippen LogP contribution in [-0.2, 0) is 17.3 Å². The first-order valence-corrected chi connectivity index (χ1v) is 9.07. The Hall–Kier alpha value is -1.46. The molecule has 0 bridgehead atoms. The molecule has 1 aromatic carbocycles. The van der Waals surface area contributed by atoms with E-state index in [2.05, 4.69) is 23.7 Å². The number of nitrogens with zero attached hydrogens (tertiary/aromatic N) is 2. The molecule has 0 saturated carbocycles. The van der Waals surface area contributed by atoms with E-state index in [0.29, 0.717) is 11.9 Å². The van der Waals surface area contributed by atoms with Crippen molar-refractivity contribution in [1.82, 2.24) is 9.88 Å². The summed E-state index contributed by atoms with van der Waals surface area (Å²) in [5.74, 6) is 2.29. The maximum atomic E-state index is 11.9. The van der Waals surface area contributed by atoms with Crippen molar-refractivity contribution < 1.29 is 8.63 Å². The van der Waals surface area contributed by atoms with Crippen molar-refractivity contribution >= 4 is 10.8 Å². The molecule has 1 saturated heterocycles. The highest BCUT2D eigenvalue weighted by Gasteiger charge is 2.30. The molecule has 0 amide bonds. The van der Waals surface area contributed by atoms with Crippen LogP contribution in [0.4, 0.5) is 0 Å². The normalized spacial score (nSPS) is 26.2. The highest BCUT2D eigenvalue weighted by atomic mass is 32.2. The summed E-state index contributed by atoms with van der Waals surface area (Å²) < 4.78 is 17.7. The molecular weight excluding hydrogens is 296 g/mol. The minimum Gasteiger partial charge on any atom is -0.441 e. The average Bonchev–Trinajstić information content (AvgIpc) is 2.90. The molecule has 0 radical (unpaired) electrons. The summed E-state index contributed by atoms with van der Waals surface area (Å²) in [5.41, 5.74) is 1.98. The minimum absolute atomic E-state index is 0.203. The van der Waals surface area contributed by atoms with Crippen LogP contribution in [0.3, 0.4) is 0 Å². The molecule has 5 heteroatoms. The molecule has 0 aliphatic carbocycles. The van der Waals surface area contributed by atoms with Gasteiger partial charge in [-0.2, -0.15) is 0 Å². The number of benzene rings is 1. The monoisotopic (exact) mass is 318 g/mol. The zero-order valence-corrected chi connectivity index (χ0v) is 14.1. The van der Waals surface area contributed by atoms with Gasteiger partial charge in [-0.1, -0.05) is 18.2 Å². The lowest BCUT2D eigenvalue weighted by Crippen LogP contribution is -2.49. The van der Waals surface area contributed by atoms with E-state index in [1.54, 1.807) is 0 Å². The van der Waals surface area contributed by atoms with E-state index in [4.69, 9.17) is 4.42 Å². The van der Waals surface area contributed by atoms with Crippen LogP contribution in [0.2, 0.25) is 0 Å². The Morgan fingerprint density at radius 1 is 1.32 bits per heavy atom. The van der Waals surface area contributed by atoms with E-state index in [1.807, 2.05) is 37.3 Å². The van der Waals surface area contributed by atoms with E-state index in [9.17, 15) is 4.21 Å². The number of oxazole rings is 1. The third-order valence-electron chi connectivity index (χ3n) is 4.52. The predicted octanol–water partition coefficient (Wildman–Crippen LogP) is 2.99. The van der Waals surface area contributed by atoms with E-state index in [0.717, 1.165) is 35.9 Å². The maximum Gasteiger partial charge on any atom is 0.226 e. The van der Waals surface area contributed by atoms with E-state index in [1.165, 1.54) is 0 Å². The van der Waals surface area contributed by atoms with Gasteiger partial charge in [-0.25, -0.2) is 4.98 Å². The fraction of sp³-hybridized carbons (Fsp3) is 0.471. The Morgan fingerprint density at radius 3 is 2.77 bits per heavy atom. The third kappa shape index (κ3) is 3.01. The van der Waals surface area contributed by atoms with Crippen molar-refractivity contribution in [3.63, 3.8) is 0 Å². The molecule has 0 spiro atoms. The standard InChI is InChI=1S/C17H22N2O2S/c1-12-14(3)22(20)10-9-19(12)11-16-13(2)21-17(18-16)15-7-5-4-6-8-15/h4-8,12,14H,9-11H2,1-3H3/t12-,14+,22+/m1/s1. The van der Waals surface area contributed by atoms with E-state index >= 15 is 0 Å². The van der Waals surface area contributed by atoms with Crippen molar-refractivity contribution in [1.29, 1.82) is 0 Å². The molecule has 3 atom stereocenters.